The first kappa shape index (κ1) is 57.4. The summed E-state index contributed by atoms with van der Waals surface area (Å²) >= 11 is 0. The number of aliphatic hydroxyl groups excluding tert-OH is 5. The molecule has 1 amide bonds. The molecule has 0 saturated carbocycles. The normalized spacial score (nSPS) is 21.0. The van der Waals surface area contributed by atoms with Crippen LogP contribution in [0, 0.1) is 0 Å². The van der Waals surface area contributed by atoms with Crippen LogP contribution in [-0.2, 0) is 14.3 Å². The lowest BCUT2D eigenvalue weighted by atomic mass is 9.99. The van der Waals surface area contributed by atoms with E-state index in [4.69, 9.17) is 9.47 Å². The van der Waals surface area contributed by atoms with Gasteiger partial charge in [-0.3, -0.25) is 4.79 Å². The lowest BCUT2D eigenvalue weighted by Crippen LogP contribution is -2.60. The Morgan fingerprint density at radius 1 is 0.565 bits per heavy atom. The molecule has 7 unspecified atom stereocenters. The van der Waals surface area contributed by atoms with Crippen LogP contribution >= 0.6 is 0 Å². The van der Waals surface area contributed by atoms with Crippen molar-refractivity contribution in [2.45, 2.75) is 230 Å². The van der Waals surface area contributed by atoms with Gasteiger partial charge in [-0.15, -0.1) is 0 Å². The highest BCUT2D eigenvalue weighted by Crippen LogP contribution is 2.23. The van der Waals surface area contributed by atoms with Crippen LogP contribution in [0.15, 0.2) is 85.1 Å². The van der Waals surface area contributed by atoms with Crippen LogP contribution in [0.1, 0.15) is 187 Å². The molecule has 9 nitrogen and oxygen atoms in total. The van der Waals surface area contributed by atoms with E-state index >= 15 is 0 Å². The van der Waals surface area contributed by atoms with E-state index in [0.29, 0.717) is 12.8 Å². The molecule has 1 fully saturated rings. The third-order valence-corrected chi connectivity index (χ3v) is 11.3. The summed E-state index contributed by atoms with van der Waals surface area (Å²) < 4.78 is 11.1. The van der Waals surface area contributed by atoms with E-state index in [2.05, 4.69) is 104 Å². The first-order valence-electron chi connectivity index (χ1n) is 24.8. The van der Waals surface area contributed by atoms with Crippen LogP contribution in [0.25, 0.3) is 0 Å². The number of carbonyl (C=O) groups excluding carboxylic acids is 1. The van der Waals surface area contributed by atoms with Gasteiger partial charge in [-0.2, -0.15) is 0 Å². The van der Waals surface area contributed by atoms with Crippen LogP contribution in [0.3, 0.4) is 0 Å². The molecule has 9 heteroatoms. The van der Waals surface area contributed by atoms with Crippen molar-refractivity contribution in [3.05, 3.63) is 85.1 Å². The monoisotopic (exact) mass is 870 g/mol. The molecule has 0 aromatic rings. The summed E-state index contributed by atoms with van der Waals surface area (Å²) in [5.74, 6) is -0.159. The summed E-state index contributed by atoms with van der Waals surface area (Å²) in [4.78, 5) is 12.8. The second-order valence-electron chi connectivity index (χ2n) is 16.9. The summed E-state index contributed by atoms with van der Waals surface area (Å²) in [6.45, 7) is 3.58. The number of ether oxygens (including phenoxy) is 2. The first-order valence-corrected chi connectivity index (χ1v) is 24.8. The molecule has 1 saturated heterocycles. The Kier molecular flexibility index (Phi) is 39.2. The average molecular weight is 870 g/mol. The fraction of sp³-hybridized carbons (Fsp3) is 0.717. The molecule has 0 radical (unpaired) electrons. The molecule has 1 aliphatic rings. The van der Waals surface area contributed by atoms with Gasteiger partial charge in [-0.25, -0.2) is 0 Å². The Bertz CT molecular complexity index is 1240. The molecular weight excluding hydrogens is 779 g/mol. The van der Waals surface area contributed by atoms with Crippen molar-refractivity contribution in [1.29, 1.82) is 0 Å². The average Bonchev–Trinajstić information content (AvgIpc) is 3.27. The van der Waals surface area contributed by atoms with Crippen molar-refractivity contribution in [2.75, 3.05) is 13.2 Å². The Morgan fingerprint density at radius 2 is 1.00 bits per heavy atom. The van der Waals surface area contributed by atoms with Crippen molar-refractivity contribution in [2.24, 2.45) is 0 Å². The van der Waals surface area contributed by atoms with Gasteiger partial charge < -0.3 is 40.3 Å². The van der Waals surface area contributed by atoms with Gasteiger partial charge in [-0.05, 0) is 70.6 Å². The van der Waals surface area contributed by atoms with Gasteiger partial charge in [0.2, 0.25) is 5.91 Å². The molecule has 1 heterocycles. The number of nitrogens with one attached hydrogen (secondary N) is 1. The fourth-order valence-corrected chi connectivity index (χ4v) is 7.32. The lowest BCUT2D eigenvalue weighted by molar-refractivity contribution is -0.302. The van der Waals surface area contributed by atoms with Gasteiger partial charge in [-0.1, -0.05) is 195 Å². The molecule has 62 heavy (non-hydrogen) atoms. The number of hydrogen-bond acceptors (Lipinski definition) is 8. The van der Waals surface area contributed by atoms with Crippen LogP contribution < -0.4 is 5.32 Å². The Morgan fingerprint density at radius 3 is 1.47 bits per heavy atom. The predicted octanol–water partition coefficient (Wildman–Crippen LogP) is 11.1. The maximum Gasteiger partial charge on any atom is 0.220 e. The number of aliphatic hydroxyl groups is 5. The predicted molar refractivity (Wildman–Crippen MR) is 258 cm³/mol. The zero-order valence-corrected chi connectivity index (χ0v) is 39.1. The Hall–Kier alpha value is -2.63. The van der Waals surface area contributed by atoms with Crippen molar-refractivity contribution in [3.63, 3.8) is 0 Å². The molecule has 1 aliphatic heterocycles. The van der Waals surface area contributed by atoms with Crippen LogP contribution in [0.5, 0.6) is 0 Å². The summed E-state index contributed by atoms with van der Waals surface area (Å²) in [5, 5.41) is 53.8. The molecule has 0 aromatic heterocycles. The standard InChI is InChI=1S/C53H91NO8/c1-3-5-7-9-10-11-12-13-14-15-16-17-18-19-20-21-22-23-24-25-26-27-28-29-30-31-32-33-34-35-36-37-38-39-41-43-49(57)54-46(47(56)42-40-8-6-4-2)45-61-53-52(60)51(59)50(58)48(44-55)62-53/h5,7,10-11,13-14,16-17,19-20,22-23,25-26,46-48,50-53,55-56,58-60H,3-4,6,8-9,12,15,18,21,24,27-45H2,1-2H3,(H,54,57)/b7-5-,11-10-,14-13-,17-16-,20-19-,23-22-,26-25-. The quantitative estimate of drug-likeness (QED) is 0.0263. The number of hydrogen-bond donors (Lipinski definition) is 6. The van der Waals surface area contributed by atoms with Crippen molar-refractivity contribution < 1.29 is 39.8 Å². The molecule has 6 N–H and O–H groups in total. The van der Waals surface area contributed by atoms with E-state index < -0.39 is 49.5 Å². The highest BCUT2D eigenvalue weighted by atomic mass is 16.7. The summed E-state index contributed by atoms with van der Waals surface area (Å²) in [7, 11) is 0. The summed E-state index contributed by atoms with van der Waals surface area (Å²) in [6, 6.07) is -0.719. The molecule has 7 atom stereocenters. The number of carbonyl (C=O) groups is 1. The topological polar surface area (TPSA) is 149 Å². The minimum absolute atomic E-state index is 0.145. The Balaban J connectivity index is 2.03. The zero-order chi connectivity index (χ0) is 45.1. The van der Waals surface area contributed by atoms with Gasteiger partial charge in [0, 0.05) is 6.42 Å². The fourth-order valence-electron chi connectivity index (χ4n) is 7.32. The molecule has 1 rings (SSSR count). The molecule has 0 aliphatic carbocycles. The van der Waals surface area contributed by atoms with Crippen molar-refractivity contribution in [3.8, 4) is 0 Å². The number of rotatable bonds is 40. The van der Waals surface area contributed by atoms with Gasteiger partial charge in [0.05, 0.1) is 25.4 Å². The van der Waals surface area contributed by atoms with Gasteiger partial charge >= 0.3 is 0 Å². The van der Waals surface area contributed by atoms with E-state index in [0.717, 1.165) is 89.9 Å². The first-order chi connectivity index (χ1) is 30.3. The third-order valence-electron chi connectivity index (χ3n) is 11.3. The van der Waals surface area contributed by atoms with Gasteiger partial charge in [0.25, 0.3) is 0 Å². The summed E-state index contributed by atoms with van der Waals surface area (Å²) in [5.41, 5.74) is 0. The molecule has 356 valence electrons. The maximum atomic E-state index is 12.8. The van der Waals surface area contributed by atoms with E-state index in [9.17, 15) is 30.3 Å². The van der Waals surface area contributed by atoms with Crippen molar-refractivity contribution in [1.82, 2.24) is 5.32 Å². The van der Waals surface area contributed by atoms with Crippen molar-refractivity contribution >= 4 is 5.91 Å². The minimum Gasteiger partial charge on any atom is -0.394 e. The second-order valence-corrected chi connectivity index (χ2v) is 16.9. The van der Waals surface area contributed by atoms with Gasteiger partial charge in [0.15, 0.2) is 6.29 Å². The smallest absolute Gasteiger partial charge is 0.220 e. The minimum atomic E-state index is -1.55. The lowest BCUT2D eigenvalue weighted by Gasteiger charge is -2.40. The maximum absolute atomic E-state index is 12.8. The number of allylic oxidation sites excluding steroid dienone is 14. The SMILES string of the molecule is CC/C=C\C/C=C\C/C=C\C/C=C\C/C=C\C/C=C\C/C=C\CCCCCCCCCCCCCCCC(=O)NC(COC1OC(CO)C(O)C(O)C1O)C(O)CCCCCC. The second kappa shape index (κ2) is 42.3. The molecule has 0 aromatic carbocycles. The Labute approximate surface area is 378 Å². The molecule has 0 bridgehead atoms. The highest BCUT2D eigenvalue weighted by molar-refractivity contribution is 5.76. The van der Waals surface area contributed by atoms with Crippen LogP contribution in [-0.4, -0.2) is 87.5 Å². The van der Waals surface area contributed by atoms with E-state index in [1.807, 2.05) is 0 Å². The molecular formula is C53H91NO8. The van der Waals surface area contributed by atoms with Crippen LogP contribution in [0.2, 0.25) is 0 Å². The van der Waals surface area contributed by atoms with E-state index in [1.54, 1.807) is 0 Å². The number of amides is 1. The highest BCUT2D eigenvalue weighted by Gasteiger charge is 2.44. The van der Waals surface area contributed by atoms with E-state index in [-0.39, 0.29) is 12.5 Å². The number of unbranched alkanes of at least 4 members (excludes halogenated alkanes) is 16. The molecule has 0 spiro atoms. The van der Waals surface area contributed by atoms with Gasteiger partial charge in [0.1, 0.15) is 24.4 Å². The van der Waals surface area contributed by atoms with Crippen LogP contribution in [0.4, 0.5) is 0 Å². The zero-order valence-electron chi connectivity index (χ0n) is 39.1. The van der Waals surface area contributed by atoms with E-state index in [1.165, 1.54) is 70.6 Å². The largest absolute Gasteiger partial charge is 0.394 e. The third kappa shape index (κ3) is 32.1. The summed E-state index contributed by atoms with van der Waals surface area (Å²) in [6.07, 6.45) is 52.5.